The second-order valence-corrected chi connectivity index (χ2v) is 11.3. The molecule has 1 aromatic carbocycles. The van der Waals surface area contributed by atoms with Gasteiger partial charge in [0.25, 0.3) is 5.91 Å². The summed E-state index contributed by atoms with van der Waals surface area (Å²) >= 11 is 0. The molecule has 0 radical (unpaired) electrons. The molecule has 24 heavy (non-hydrogen) atoms. The molecule has 0 aliphatic rings. The molecule has 2 N–H and O–H groups in total. The monoisotopic (exact) mass is 347 g/mol. The van der Waals surface area contributed by atoms with Crippen molar-refractivity contribution in [1.29, 1.82) is 0 Å². The van der Waals surface area contributed by atoms with Gasteiger partial charge in [-0.05, 0) is 18.6 Å². The molecule has 0 aliphatic heterocycles. The van der Waals surface area contributed by atoms with Gasteiger partial charge in [0.1, 0.15) is 19.9 Å². The van der Waals surface area contributed by atoms with Gasteiger partial charge in [-0.3, -0.25) is 9.59 Å². The molecule has 5 nitrogen and oxygen atoms in total. The van der Waals surface area contributed by atoms with Gasteiger partial charge >= 0.3 is 5.97 Å². The Bertz CT molecular complexity index is 613. The maximum Gasteiger partial charge on any atom is 0.309 e. The van der Waals surface area contributed by atoms with Crippen LogP contribution in [0, 0.1) is 17.4 Å². The third kappa shape index (κ3) is 7.33. The van der Waals surface area contributed by atoms with Gasteiger partial charge in [0.15, 0.2) is 6.61 Å². The van der Waals surface area contributed by atoms with Gasteiger partial charge < -0.3 is 15.2 Å². The summed E-state index contributed by atoms with van der Waals surface area (Å²) < 4.78 is 5.39. The van der Waals surface area contributed by atoms with Gasteiger partial charge in [-0.1, -0.05) is 50.7 Å². The number of aliphatic carboxylic acids is 1. The third-order valence-electron chi connectivity index (χ3n) is 3.19. The maximum atomic E-state index is 12.1. The van der Waals surface area contributed by atoms with Crippen LogP contribution < -0.4 is 10.1 Å². The highest BCUT2D eigenvalue weighted by Gasteiger charge is 2.27. The number of hydrogen-bond acceptors (Lipinski definition) is 3. The minimum Gasteiger partial charge on any atom is -0.484 e. The molecular formula is C18H25NO4Si. The SMILES string of the molecule is CC[C@H](C(=O)O)C(C#C[Si](C)(C)C)NC(=O)COc1ccccc1. The Kier molecular flexibility index (Phi) is 7.53. The zero-order chi connectivity index (χ0) is 18.2. The first-order chi connectivity index (χ1) is 11.2. The van der Waals surface area contributed by atoms with Crippen molar-refractivity contribution in [2.45, 2.75) is 39.0 Å². The molecule has 1 aromatic rings. The van der Waals surface area contributed by atoms with E-state index >= 15 is 0 Å². The number of carboxylic acids is 1. The van der Waals surface area contributed by atoms with E-state index < -0.39 is 26.0 Å². The fourth-order valence-corrected chi connectivity index (χ4v) is 2.55. The summed E-state index contributed by atoms with van der Waals surface area (Å²) in [5, 5.41) is 12.1. The van der Waals surface area contributed by atoms with E-state index in [4.69, 9.17) is 4.74 Å². The maximum absolute atomic E-state index is 12.1. The molecule has 0 aromatic heterocycles. The highest BCUT2D eigenvalue weighted by Crippen LogP contribution is 2.11. The van der Waals surface area contributed by atoms with E-state index in [-0.39, 0.29) is 12.5 Å². The molecule has 1 unspecified atom stereocenters. The van der Waals surface area contributed by atoms with Crippen LogP contribution in [0.3, 0.4) is 0 Å². The molecule has 0 saturated heterocycles. The van der Waals surface area contributed by atoms with Gasteiger partial charge in [-0.15, -0.1) is 5.54 Å². The van der Waals surface area contributed by atoms with E-state index in [0.717, 1.165) is 0 Å². The first kappa shape index (κ1) is 19.8. The molecule has 6 heteroatoms. The minimum absolute atomic E-state index is 0.175. The van der Waals surface area contributed by atoms with Crippen molar-refractivity contribution in [2.24, 2.45) is 5.92 Å². The van der Waals surface area contributed by atoms with Crippen molar-refractivity contribution in [1.82, 2.24) is 5.32 Å². The second-order valence-electron chi connectivity index (χ2n) is 6.52. The van der Waals surface area contributed by atoms with E-state index in [1.54, 1.807) is 19.1 Å². The van der Waals surface area contributed by atoms with Crippen molar-refractivity contribution in [2.75, 3.05) is 6.61 Å². The number of carbonyl (C=O) groups is 2. The van der Waals surface area contributed by atoms with Crippen molar-refractivity contribution in [3.8, 4) is 17.2 Å². The molecule has 0 fully saturated rings. The average molecular weight is 347 g/mol. The average Bonchev–Trinajstić information content (AvgIpc) is 2.51. The largest absolute Gasteiger partial charge is 0.484 e. The molecule has 130 valence electrons. The van der Waals surface area contributed by atoms with Crippen LogP contribution in [0.5, 0.6) is 5.75 Å². The Morgan fingerprint density at radius 2 is 1.88 bits per heavy atom. The number of ether oxygens (including phenoxy) is 1. The lowest BCUT2D eigenvalue weighted by atomic mass is 9.97. The van der Waals surface area contributed by atoms with Gasteiger partial charge in [0, 0.05) is 0 Å². The van der Waals surface area contributed by atoms with Crippen molar-refractivity contribution in [3.05, 3.63) is 30.3 Å². The predicted molar refractivity (Wildman–Crippen MR) is 96.4 cm³/mol. The molecule has 0 aliphatic carbocycles. The number of para-hydroxylation sites is 1. The summed E-state index contributed by atoms with van der Waals surface area (Å²) in [5.74, 6) is 1.47. The smallest absolute Gasteiger partial charge is 0.309 e. The Labute approximate surface area is 144 Å². The topological polar surface area (TPSA) is 75.6 Å². The van der Waals surface area contributed by atoms with Gasteiger partial charge in [-0.2, -0.15) is 0 Å². The number of benzene rings is 1. The molecule has 2 atom stereocenters. The molecule has 1 amide bonds. The normalized spacial score (nSPS) is 13.2. The number of carbonyl (C=O) groups excluding carboxylic acids is 1. The van der Waals surface area contributed by atoms with Crippen LogP contribution >= 0.6 is 0 Å². The van der Waals surface area contributed by atoms with Crippen LogP contribution in [0.2, 0.25) is 19.6 Å². The Morgan fingerprint density at radius 3 is 2.38 bits per heavy atom. The predicted octanol–water partition coefficient (Wildman–Crippen LogP) is 2.54. The fraction of sp³-hybridized carbons (Fsp3) is 0.444. The highest BCUT2D eigenvalue weighted by molar-refractivity contribution is 6.83. The summed E-state index contributed by atoms with van der Waals surface area (Å²) in [6.07, 6.45) is 0.389. The van der Waals surface area contributed by atoms with Crippen molar-refractivity contribution >= 4 is 20.0 Å². The fourth-order valence-electron chi connectivity index (χ4n) is 1.97. The van der Waals surface area contributed by atoms with E-state index in [1.807, 2.05) is 18.2 Å². The summed E-state index contributed by atoms with van der Waals surface area (Å²) in [6.45, 7) is 7.80. The van der Waals surface area contributed by atoms with Gasteiger partial charge in [-0.25, -0.2) is 0 Å². The van der Waals surface area contributed by atoms with E-state index in [9.17, 15) is 14.7 Å². The van der Waals surface area contributed by atoms with Crippen molar-refractivity contribution in [3.63, 3.8) is 0 Å². The Morgan fingerprint density at radius 1 is 1.25 bits per heavy atom. The molecule has 0 bridgehead atoms. The number of carboxylic acid groups (broad SMARTS) is 1. The summed E-state index contributed by atoms with van der Waals surface area (Å²) in [7, 11) is -1.67. The van der Waals surface area contributed by atoms with Gasteiger partial charge in [0.2, 0.25) is 0 Å². The molecule has 0 spiro atoms. The van der Waals surface area contributed by atoms with Crippen LogP contribution in [0.4, 0.5) is 0 Å². The van der Waals surface area contributed by atoms with Crippen LogP contribution in [0.25, 0.3) is 0 Å². The van der Waals surface area contributed by atoms with Crippen molar-refractivity contribution < 1.29 is 19.4 Å². The van der Waals surface area contributed by atoms with E-state index in [1.165, 1.54) is 0 Å². The van der Waals surface area contributed by atoms with Crippen LogP contribution in [-0.4, -0.2) is 37.7 Å². The lowest BCUT2D eigenvalue weighted by Crippen LogP contribution is -2.44. The Balaban J connectivity index is 2.77. The summed E-state index contributed by atoms with van der Waals surface area (Å²) in [4.78, 5) is 23.5. The second kappa shape index (κ2) is 9.14. The van der Waals surface area contributed by atoms with Crippen LogP contribution in [0.1, 0.15) is 13.3 Å². The van der Waals surface area contributed by atoms with E-state index in [2.05, 4.69) is 36.4 Å². The van der Waals surface area contributed by atoms with Crippen LogP contribution in [0.15, 0.2) is 30.3 Å². The first-order valence-electron chi connectivity index (χ1n) is 7.95. The summed E-state index contributed by atoms with van der Waals surface area (Å²) in [6, 6.07) is 8.27. The number of nitrogens with one attached hydrogen (secondary N) is 1. The van der Waals surface area contributed by atoms with E-state index in [0.29, 0.717) is 12.2 Å². The lowest BCUT2D eigenvalue weighted by Gasteiger charge is -2.20. The first-order valence-corrected chi connectivity index (χ1v) is 11.5. The lowest BCUT2D eigenvalue weighted by molar-refractivity contribution is -0.142. The number of amides is 1. The molecule has 0 saturated carbocycles. The highest BCUT2D eigenvalue weighted by atomic mass is 28.3. The standard InChI is InChI=1S/C18H25NO4Si/c1-5-15(18(21)22)16(11-12-24(2,3)4)19-17(20)13-23-14-9-7-6-8-10-14/h6-10,15-16H,5,13H2,1-4H3,(H,19,20)(H,21,22)/t15-,16?/m0/s1. The quantitative estimate of drug-likeness (QED) is 0.587. The third-order valence-corrected chi connectivity index (χ3v) is 4.09. The number of rotatable bonds is 7. The Hall–Kier alpha value is -2.26. The van der Waals surface area contributed by atoms with Crippen LogP contribution in [-0.2, 0) is 9.59 Å². The summed E-state index contributed by atoms with van der Waals surface area (Å²) in [5.41, 5.74) is 3.14. The zero-order valence-electron chi connectivity index (χ0n) is 14.6. The molecule has 1 rings (SSSR count). The molecular weight excluding hydrogens is 322 g/mol. The minimum atomic E-state index is -1.67. The number of hydrogen-bond donors (Lipinski definition) is 2. The zero-order valence-corrected chi connectivity index (χ0v) is 15.6. The molecule has 0 heterocycles. The van der Waals surface area contributed by atoms with Gasteiger partial charge in [0.05, 0.1) is 5.92 Å².